The van der Waals surface area contributed by atoms with E-state index in [0.717, 1.165) is 10.1 Å². The summed E-state index contributed by atoms with van der Waals surface area (Å²) in [5, 5.41) is 0. The standard InChI is InChI=1S/C8H4BrN3/c1-10-7-4-8-11-2-3-12(8)5-6(7)9/h2-5H. The first-order valence-corrected chi connectivity index (χ1v) is 4.10. The van der Waals surface area contributed by atoms with Gasteiger partial charge in [-0.2, -0.15) is 0 Å². The zero-order valence-corrected chi connectivity index (χ0v) is 7.62. The Bertz CT molecular complexity index is 467. The average Bonchev–Trinajstić information content (AvgIpc) is 2.49. The predicted octanol–water partition coefficient (Wildman–Crippen LogP) is 2.65. The van der Waals surface area contributed by atoms with Crippen LogP contribution in [-0.4, -0.2) is 9.38 Å². The third-order valence-corrected chi connectivity index (χ3v) is 2.19. The molecule has 0 N–H and O–H groups in total. The summed E-state index contributed by atoms with van der Waals surface area (Å²) in [5.41, 5.74) is 1.39. The molecule has 0 saturated heterocycles. The maximum atomic E-state index is 6.87. The molecule has 0 saturated carbocycles. The van der Waals surface area contributed by atoms with E-state index in [2.05, 4.69) is 25.8 Å². The second-order valence-electron chi connectivity index (χ2n) is 2.31. The van der Waals surface area contributed by atoms with Gasteiger partial charge in [-0.3, -0.25) is 0 Å². The third-order valence-electron chi connectivity index (χ3n) is 1.58. The zero-order chi connectivity index (χ0) is 8.55. The SMILES string of the molecule is [C-]#[N+]c1cc2nccn2cc1Br. The molecule has 4 heteroatoms. The van der Waals surface area contributed by atoms with Crippen molar-refractivity contribution < 1.29 is 0 Å². The highest BCUT2D eigenvalue weighted by Crippen LogP contribution is 2.25. The second-order valence-corrected chi connectivity index (χ2v) is 3.17. The van der Waals surface area contributed by atoms with Gasteiger partial charge in [0.15, 0.2) is 0 Å². The first kappa shape index (κ1) is 7.32. The van der Waals surface area contributed by atoms with Crippen molar-refractivity contribution in [1.82, 2.24) is 9.38 Å². The fourth-order valence-electron chi connectivity index (χ4n) is 1.01. The van der Waals surface area contributed by atoms with E-state index >= 15 is 0 Å². The highest BCUT2D eigenvalue weighted by Gasteiger charge is 2.01. The summed E-state index contributed by atoms with van der Waals surface area (Å²) in [6.07, 6.45) is 5.37. The van der Waals surface area contributed by atoms with Crippen LogP contribution in [-0.2, 0) is 0 Å². The van der Waals surface area contributed by atoms with Crippen molar-refractivity contribution in [3.63, 3.8) is 0 Å². The van der Waals surface area contributed by atoms with Crippen LogP contribution in [0.15, 0.2) is 29.1 Å². The van der Waals surface area contributed by atoms with Gasteiger partial charge in [0.2, 0.25) is 5.69 Å². The quantitative estimate of drug-likeness (QED) is 0.628. The summed E-state index contributed by atoms with van der Waals surface area (Å²) >= 11 is 3.30. The topological polar surface area (TPSA) is 21.7 Å². The molecule has 3 nitrogen and oxygen atoms in total. The Morgan fingerprint density at radius 3 is 3.17 bits per heavy atom. The summed E-state index contributed by atoms with van der Waals surface area (Å²) in [6.45, 7) is 6.87. The van der Waals surface area contributed by atoms with Gasteiger partial charge in [-0.15, -0.1) is 0 Å². The lowest BCUT2D eigenvalue weighted by Crippen LogP contribution is -1.81. The lowest BCUT2D eigenvalue weighted by molar-refractivity contribution is 1.18. The normalized spacial score (nSPS) is 10.0. The Hall–Kier alpha value is -1.34. The van der Waals surface area contributed by atoms with Crippen LogP contribution < -0.4 is 0 Å². The fourth-order valence-corrected chi connectivity index (χ4v) is 1.43. The Kier molecular flexibility index (Phi) is 1.59. The number of hydrogen-bond acceptors (Lipinski definition) is 1. The number of halogens is 1. The molecule has 12 heavy (non-hydrogen) atoms. The van der Waals surface area contributed by atoms with Crippen molar-refractivity contribution in [2.24, 2.45) is 0 Å². The largest absolute Gasteiger partial charge is 0.308 e. The molecule has 0 fully saturated rings. The maximum absolute atomic E-state index is 6.87. The molecule has 2 aromatic rings. The molecule has 0 aliphatic heterocycles. The predicted molar refractivity (Wildman–Crippen MR) is 49.2 cm³/mol. The van der Waals surface area contributed by atoms with Crippen LogP contribution in [0.25, 0.3) is 10.5 Å². The van der Waals surface area contributed by atoms with Crippen molar-refractivity contribution in [2.75, 3.05) is 0 Å². The number of imidazole rings is 1. The van der Waals surface area contributed by atoms with E-state index in [-0.39, 0.29) is 0 Å². The molecule has 0 radical (unpaired) electrons. The average molecular weight is 222 g/mol. The van der Waals surface area contributed by atoms with E-state index in [4.69, 9.17) is 6.57 Å². The summed E-state index contributed by atoms with van der Waals surface area (Å²) in [6, 6.07) is 1.75. The molecule has 2 aromatic heterocycles. The molecule has 0 aliphatic rings. The molecular weight excluding hydrogens is 218 g/mol. The number of fused-ring (bicyclic) bond motifs is 1. The molecule has 0 aliphatic carbocycles. The molecule has 0 bridgehead atoms. The Balaban J connectivity index is 2.84. The van der Waals surface area contributed by atoms with Crippen LogP contribution in [0.1, 0.15) is 0 Å². The maximum Gasteiger partial charge on any atom is 0.206 e. The van der Waals surface area contributed by atoms with E-state index in [1.807, 2.05) is 16.8 Å². The fraction of sp³-hybridized carbons (Fsp3) is 0. The van der Waals surface area contributed by atoms with E-state index in [9.17, 15) is 0 Å². The number of rotatable bonds is 0. The number of pyridine rings is 1. The van der Waals surface area contributed by atoms with E-state index in [1.165, 1.54) is 0 Å². The molecule has 2 heterocycles. The van der Waals surface area contributed by atoms with Crippen molar-refractivity contribution in [3.05, 3.63) is 40.5 Å². The van der Waals surface area contributed by atoms with E-state index in [1.54, 1.807) is 12.3 Å². The van der Waals surface area contributed by atoms with Gasteiger partial charge in [0.05, 0.1) is 6.57 Å². The minimum Gasteiger partial charge on any atom is -0.308 e. The summed E-state index contributed by atoms with van der Waals surface area (Å²) in [4.78, 5) is 7.42. The van der Waals surface area contributed by atoms with Gasteiger partial charge < -0.3 is 4.40 Å². The highest BCUT2D eigenvalue weighted by atomic mass is 79.9. The van der Waals surface area contributed by atoms with Gasteiger partial charge in [-0.25, -0.2) is 9.83 Å². The minimum absolute atomic E-state index is 0.591. The summed E-state index contributed by atoms with van der Waals surface area (Å²) in [7, 11) is 0. The molecule has 2 rings (SSSR count). The van der Waals surface area contributed by atoms with Crippen LogP contribution in [0.5, 0.6) is 0 Å². The van der Waals surface area contributed by atoms with E-state index < -0.39 is 0 Å². The zero-order valence-electron chi connectivity index (χ0n) is 6.03. The molecular formula is C8H4BrN3. The van der Waals surface area contributed by atoms with Crippen LogP contribution in [0.2, 0.25) is 0 Å². The lowest BCUT2D eigenvalue weighted by Gasteiger charge is -1.96. The van der Waals surface area contributed by atoms with E-state index in [0.29, 0.717) is 5.69 Å². The highest BCUT2D eigenvalue weighted by molar-refractivity contribution is 9.10. The molecule has 0 atom stereocenters. The van der Waals surface area contributed by atoms with Crippen molar-refractivity contribution in [2.45, 2.75) is 0 Å². The second kappa shape index (κ2) is 2.61. The number of nitrogens with zero attached hydrogens (tertiary/aromatic N) is 3. The van der Waals surface area contributed by atoms with Crippen LogP contribution in [0, 0.1) is 6.57 Å². The molecule has 0 spiro atoms. The smallest absolute Gasteiger partial charge is 0.206 e. The summed E-state index contributed by atoms with van der Waals surface area (Å²) in [5.74, 6) is 0. The monoisotopic (exact) mass is 221 g/mol. The van der Waals surface area contributed by atoms with Gasteiger partial charge >= 0.3 is 0 Å². The van der Waals surface area contributed by atoms with Gasteiger partial charge in [-0.05, 0) is 6.07 Å². The molecule has 0 unspecified atom stereocenters. The Labute approximate surface area is 77.6 Å². The van der Waals surface area contributed by atoms with Gasteiger partial charge in [0, 0.05) is 23.1 Å². The summed E-state index contributed by atoms with van der Waals surface area (Å²) < 4.78 is 2.65. The Morgan fingerprint density at radius 1 is 1.58 bits per heavy atom. The minimum atomic E-state index is 0.591. The van der Waals surface area contributed by atoms with Crippen LogP contribution in [0.4, 0.5) is 5.69 Å². The molecule has 0 aromatic carbocycles. The van der Waals surface area contributed by atoms with Crippen molar-refractivity contribution >= 4 is 27.3 Å². The number of aromatic nitrogens is 2. The number of hydrogen-bond donors (Lipinski definition) is 0. The van der Waals surface area contributed by atoms with Gasteiger partial charge in [-0.1, -0.05) is 15.9 Å². The van der Waals surface area contributed by atoms with Crippen LogP contribution in [0.3, 0.4) is 0 Å². The molecule has 0 amide bonds. The third kappa shape index (κ3) is 0.990. The van der Waals surface area contributed by atoms with Gasteiger partial charge in [0.1, 0.15) is 5.65 Å². The van der Waals surface area contributed by atoms with Crippen LogP contribution >= 0.6 is 15.9 Å². The molecule has 58 valence electrons. The Morgan fingerprint density at radius 2 is 2.42 bits per heavy atom. The van der Waals surface area contributed by atoms with Crippen molar-refractivity contribution in [1.29, 1.82) is 0 Å². The first-order valence-electron chi connectivity index (χ1n) is 3.31. The first-order chi connectivity index (χ1) is 5.81. The lowest BCUT2D eigenvalue weighted by atomic mass is 10.4. The van der Waals surface area contributed by atoms with Crippen molar-refractivity contribution in [3.8, 4) is 0 Å². The van der Waals surface area contributed by atoms with Gasteiger partial charge in [0.25, 0.3) is 0 Å².